The van der Waals surface area contributed by atoms with E-state index in [-0.39, 0.29) is 5.92 Å². The van der Waals surface area contributed by atoms with Gasteiger partial charge in [0.05, 0.1) is 11.7 Å². The van der Waals surface area contributed by atoms with E-state index in [4.69, 9.17) is 0 Å². The molecule has 12 heavy (non-hydrogen) atoms. The Balaban J connectivity index is 2.72. The van der Waals surface area contributed by atoms with Crippen molar-refractivity contribution in [3.8, 4) is 0 Å². The first kappa shape index (κ1) is 9.75. The molecule has 3 atom stereocenters. The van der Waals surface area contributed by atoms with Crippen LogP contribution in [0.3, 0.4) is 0 Å². The molecule has 0 saturated heterocycles. The van der Waals surface area contributed by atoms with E-state index < -0.39 is 11.7 Å². The standard InChI is InChI=1S/C10H18O2/c1-7(2)8-4-5-10(3,12)6-9(8)11/h4-5,7-9,11-12H,6H2,1-3H3. The summed E-state index contributed by atoms with van der Waals surface area (Å²) in [6.45, 7) is 5.89. The molecule has 1 aliphatic carbocycles. The topological polar surface area (TPSA) is 40.5 Å². The highest BCUT2D eigenvalue weighted by Crippen LogP contribution is 2.29. The average Bonchev–Trinajstić information content (AvgIpc) is 1.83. The Bertz CT molecular complexity index is 182. The molecule has 0 aromatic heterocycles. The highest BCUT2D eigenvalue weighted by Gasteiger charge is 2.31. The van der Waals surface area contributed by atoms with Gasteiger partial charge in [-0.3, -0.25) is 0 Å². The Kier molecular flexibility index (Phi) is 2.59. The molecule has 0 aromatic carbocycles. The normalized spacial score (nSPS) is 42.2. The van der Waals surface area contributed by atoms with Crippen LogP contribution >= 0.6 is 0 Å². The molecule has 0 aromatic rings. The zero-order valence-corrected chi connectivity index (χ0v) is 7.99. The predicted molar refractivity (Wildman–Crippen MR) is 48.7 cm³/mol. The maximum Gasteiger partial charge on any atom is 0.0824 e. The van der Waals surface area contributed by atoms with Crippen LogP contribution in [-0.2, 0) is 0 Å². The van der Waals surface area contributed by atoms with Crippen molar-refractivity contribution in [1.82, 2.24) is 0 Å². The van der Waals surface area contributed by atoms with E-state index in [1.54, 1.807) is 13.0 Å². The van der Waals surface area contributed by atoms with Crippen LogP contribution in [0.15, 0.2) is 12.2 Å². The molecule has 0 radical (unpaired) electrons. The van der Waals surface area contributed by atoms with E-state index in [2.05, 4.69) is 13.8 Å². The molecular weight excluding hydrogens is 152 g/mol. The van der Waals surface area contributed by atoms with Crippen LogP contribution < -0.4 is 0 Å². The molecular formula is C10H18O2. The summed E-state index contributed by atoms with van der Waals surface area (Å²) in [5.41, 5.74) is -0.815. The zero-order valence-electron chi connectivity index (χ0n) is 7.99. The Morgan fingerprint density at radius 3 is 2.50 bits per heavy atom. The van der Waals surface area contributed by atoms with Gasteiger partial charge >= 0.3 is 0 Å². The fourth-order valence-corrected chi connectivity index (χ4v) is 1.74. The second kappa shape index (κ2) is 3.19. The molecule has 3 unspecified atom stereocenters. The van der Waals surface area contributed by atoms with Gasteiger partial charge in [-0.05, 0) is 12.8 Å². The highest BCUT2D eigenvalue weighted by molar-refractivity contribution is 5.09. The lowest BCUT2D eigenvalue weighted by molar-refractivity contribution is 0.00199. The molecule has 70 valence electrons. The van der Waals surface area contributed by atoms with Crippen molar-refractivity contribution < 1.29 is 10.2 Å². The third kappa shape index (κ3) is 2.08. The number of rotatable bonds is 1. The van der Waals surface area contributed by atoms with Crippen molar-refractivity contribution in [1.29, 1.82) is 0 Å². The second-order valence-electron chi connectivity index (χ2n) is 4.31. The van der Waals surface area contributed by atoms with Crippen LogP contribution in [-0.4, -0.2) is 21.9 Å². The lowest BCUT2D eigenvalue weighted by Crippen LogP contribution is -2.37. The van der Waals surface area contributed by atoms with Gasteiger partial charge in [0.1, 0.15) is 0 Å². The third-order valence-corrected chi connectivity index (χ3v) is 2.51. The van der Waals surface area contributed by atoms with E-state index >= 15 is 0 Å². The third-order valence-electron chi connectivity index (χ3n) is 2.51. The van der Waals surface area contributed by atoms with Crippen molar-refractivity contribution in [3.05, 3.63) is 12.2 Å². The SMILES string of the molecule is CC(C)C1C=CC(C)(O)CC1O. The minimum atomic E-state index is -0.815. The van der Waals surface area contributed by atoms with Gasteiger partial charge in [0.2, 0.25) is 0 Å². The summed E-state index contributed by atoms with van der Waals surface area (Å²) in [6, 6.07) is 0. The van der Waals surface area contributed by atoms with Crippen molar-refractivity contribution in [2.75, 3.05) is 0 Å². The van der Waals surface area contributed by atoms with Crippen LogP contribution in [0.4, 0.5) is 0 Å². The van der Waals surface area contributed by atoms with E-state index in [0.29, 0.717) is 12.3 Å². The monoisotopic (exact) mass is 170 g/mol. The first-order chi connectivity index (χ1) is 5.42. The Labute approximate surface area is 73.9 Å². The minimum absolute atomic E-state index is 0.199. The van der Waals surface area contributed by atoms with Crippen molar-refractivity contribution in [3.63, 3.8) is 0 Å². The first-order valence-corrected chi connectivity index (χ1v) is 4.52. The summed E-state index contributed by atoms with van der Waals surface area (Å²) in [5.74, 6) is 0.637. The van der Waals surface area contributed by atoms with Crippen molar-refractivity contribution in [2.24, 2.45) is 11.8 Å². The quantitative estimate of drug-likeness (QED) is 0.583. The average molecular weight is 170 g/mol. The molecule has 2 N–H and O–H groups in total. The van der Waals surface area contributed by atoms with E-state index in [1.807, 2.05) is 6.08 Å². The van der Waals surface area contributed by atoms with Gasteiger partial charge in [0.15, 0.2) is 0 Å². The molecule has 0 saturated carbocycles. The summed E-state index contributed by atoms with van der Waals surface area (Å²) < 4.78 is 0. The summed E-state index contributed by atoms with van der Waals surface area (Å²) in [6.07, 6.45) is 3.78. The highest BCUT2D eigenvalue weighted by atomic mass is 16.3. The largest absolute Gasteiger partial charge is 0.392 e. The van der Waals surface area contributed by atoms with Gasteiger partial charge < -0.3 is 10.2 Å². The fourth-order valence-electron chi connectivity index (χ4n) is 1.74. The molecule has 2 heteroatoms. The molecule has 1 rings (SSSR count). The van der Waals surface area contributed by atoms with E-state index in [1.165, 1.54) is 0 Å². The summed E-state index contributed by atoms with van der Waals surface area (Å²) in [7, 11) is 0. The number of hydrogen-bond donors (Lipinski definition) is 2. The van der Waals surface area contributed by atoms with Gasteiger partial charge in [0.25, 0.3) is 0 Å². The van der Waals surface area contributed by atoms with Gasteiger partial charge in [-0.25, -0.2) is 0 Å². The van der Waals surface area contributed by atoms with E-state index in [9.17, 15) is 10.2 Å². The minimum Gasteiger partial charge on any atom is -0.392 e. The van der Waals surface area contributed by atoms with Gasteiger partial charge in [0, 0.05) is 12.3 Å². The van der Waals surface area contributed by atoms with Crippen LogP contribution in [0.2, 0.25) is 0 Å². The Morgan fingerprint density at radius 1 is 1.50 bits per heavy atom. The Hall–Kier alpha value is -0.340. The first-order valence-electron chi connectivity index (χ1n) is 4.52. The number of aliphatic hydroxyl groups is 2. The van der Waals surface area contributed by atoms with Gasteiger partial charge in [-0.1, -0.05) is 26.0 Å². The number of hydrogen-bond acceptors (Lipinski definition) is 2. The Morgan fingerprint density at radius 2 is 2.08 bits per heavy atom. The molecule has 2 nitrogen and oxygen atoms in total. The fraction of sp³-hybridized carbons (Fsp3) is 0.800. The second-order valence-corrected chi connectivity index (χ2v) is 4.31. The number of aliphatic hydroxyl groups excluding tert-OH is 1. The van der Waals surface area contributed by atoms with Crippen LogP contribution in [0.25, 0.3) is 0 Å². The smallest absolute Gasteiger partial charge is 0.0824 e. The van der Waals surface area contributed by atoms with Crippen LogP contribution in [0.5, 0.6) is 0 Å². The predicted octanol–water partition coefficient (Wildman–Crippen LogP) is 1.33. The zero-order chi connectivity index (χ0) is 9.35. The molecule has 0 amide bonds. The molecule has 1 aliphatic rings. The van der Waals surface area contributed by atoms with Crippen LogP contribution in [0.1, 0.15) is 27.2 Å². The molecule has 0 bridgehead atoms. The lowest BCUT2D eigenvalue weighted by Gasteiger charge is -2.33. The van der Waals surface area contributed by atoms with Gasteiger partial charge in [-0.2, -0.15) is 0 Å². The lowest BCUT2D eigenvalue weighted by atomic mass is 9.79. The molecule has 0 aliphatic heterocycles. The molecule has 0 heterocycles. The molecule has 0 fully saturated rings. The molecule has 0 spiro atoms. The van der Waals surface area contributed by atoms with Crippen molar-refractivity contribution >= 4 is 0 Å². The van der Waals surface area contributed by atoms with Crippen LogP contribution in [0, 0.1) is 11.8 Å². The maximum atomic E-state index is 9.66. The van der Waals surface area contributed by atoms with E-state index in [0.717, 1.165) is 0 Å². The van der Waals surface area contributed by atoms with Gasteiger partial charge in [-0.15, -0.1) is 0 Å². The summed E-state index contributed by atoms with van der Waals surface area (Å²) in [4.78, 5) is 0. The summed E-state index contributed by atoms with van der Waals surface area (Å²) in [5, 5.41) is 19.3. The maximum absolute atomic E-state index is 9.66. The van der Waals surface area contributed by atoms with Crippen molar-refractivity contribution in [2.45, 2.75) is 38.9 Å². The summed E-state index contributed by atoms with van der Waals surface area (Å²) >= 11 is 0.